The van der Waals surface area contributed by atoms with Gasteiger partial charge in [0.1, 0.15) is 12.4 Å². The Kier molecular flexibility index (Phi) is 5.44. The second kappa shape index (κ2) is 7.42. The van der Waals surface area contributed by atoms with Crippen LogP contribution in [-0.2, 0) is 4.79 Å². The molecule has 1 aromatic rings. The molecule has 2 aliphatic rings. The van der Waals surface area contributed by atoms with Crippen LogP contribution in [0.1, 0.15) is 38.5 Å². The number of nitrogens with two attached hydrogens (primary N) is 1. The Morgan fingerprint density at radius 2 is 1.88 bits per heavy atom. The van der Waals surface area contributed by atoms with Gasteiger partial charge in [-0.05, 0) is 30.5 Å². The molecule has 2 N–H and O–H groups in total. The number of carbonyl (C=O) groups excluding carboxylic acids is 1. The number of ether oxygens (including phenoxy) is 1. The van der Waals surface area contributed by atoms with E-state index >= 15 is 0 Å². The van der Waals surface area contributed by atoms with E-state index in [1.807, 2.05) is 0 Å². The zero-order chi connectivity index (χ0) is 18.0. The van der Waals surface area contributed by atoms with Crippen molar-refractivity contribution in [3.63, 3.8) is 0 Å². The van der Waals surface area contributed by atoms with Crippen LogP contribution in [0.2, 0.25) is 10.0 Å². The first-order valence-electron chi connectivity index (χ1n) is 8.62. The highest BCUT2D eigenvalue weighted by Crippen LogP contribution is 2.36. The molecule has 0 saturated heterocycles. The minimum Gasteiger partial charge on any atom is -0.490 e. The van der Waals surface area contributed by atoms with Gasteiger partial charge in [0, 0.05) is 17.1 Å². The normalized spacial score (nSPS) is 24.5. The van der Waals surface area contributed by atoms with Crippen LogP contribution in [-0.4, -0.2) is 36.0 Å². The first-order valence-corrected chi connectivity index (χ1v) is 9.38. The Morgan fingerprint density at radius 1 is 1.24 bits per heavy atom. The van der Waals surface area contributed by atoms with Crippen molar-refractivity contribution in [3.05, 3.63) is 28.2 Å². The van der Waals surface area contributed by atoms with Gasteiger partial charge >= 0.3 is 0 Å². The number of likely N-dealkylation sites (N-methyl/N-ethyl adjacent to an activating group) is 1. The summed E-state index contributed by atoms with van der Waals surface area (Å²) in [5, 5.41) is 0.975. The van der Waals surface area contributed by atoms with E-state index in [2.05, 4.69) is 4.99 Å². The number of hydrogen-bond donors (Lipinski definition) is 1. The minimum atomic E-state index is -0.963. The molecule has 0 radical (unpaired) electrons. The summed E-state index contributed by atoms with van der Waals surface area (Å²) in [6, 6.07) is 4.99. The Bertz CT molecular complexity index is 669. The van der Waals surface area contributed by atoms with Crippen molar-refractivity contribution in [1.29, 1.82) is 0 Å². The summed E-state index contributed by atoms with van der Waals surface area (Å²) >= 11 is 12.0. The van der Waals surface area contributed by atoms with Gasteiger partial charge in [0.2, 0.25) is 0 Å². The molecule has 0 aromatic heterocycles. The first kappa shape index (κ1) is 18.3. The Balaban J connectivity index is 1.80. The lowest BCUT2D eigenvalue weighted by atomic mass is 9.79. The number of halogens is 2. The molecule has 1 aliphatic heterocycles. The molecule has 1 saturated carbocycles. The molecule has 136 valence electrons. The first-order chi connectivity index (χ1) is 11.9. The van der Waals surface area contributed by atoms with E-state index in [9.17, 15) is 4.79 Å². The second-order valence-electron chi connectivity index (χ2n) is 6.97. The van der Waals surface area contributed by atoms with Gasteiger partial charge < -0.3 is 10.5 Å². The van der Waals surface area contributed by atoms with E-state index in [0.717, 1.165) is 12.8 Å². The summed E-state index contributed by atoms with van der Waals surface area (Å²) in [5.41, 5.74) is 4.96. The maximum atomic E-state index is 12.9. The molecule has 1 heterocycles. The zero-order valence-electron chi connectivity index (χ0n) is 14.3. The summed E-state index contributed by atoms with van der Waals surface area (Å²) in [6.07, 6.45) is 6.57. The lowest BCUT2D eigenvalue weighted by Crippen LogP contribution is -2.47. The van der Waals surface area contributed by atoms with Crippen LogP contribution in [0.5, 0.6) is 5.75 Å². The standard InChI is InChI=1S/C18H23Cl2N3O2/c1-23-16(24)18(22-17(23)21,10-12-5-3-2-4-6-12)11-25-15-8-13(19)7-14(20)9-15/h7-9,12H,2-6,10-11H2,1H3,(H2,21,22). The molecular formula is C18H23Cl2N3O2. The molecule has 1 amide bonds. The Labute approximate surface area is 158 Å². The van der Waals surface area contributed by atoms with Crippen molar-refractivity contribution in [3.8, 4) is 5.75 Å². The number of nitrogens with zero attached hydrogens (tertiary/aromatic N) is 2. The van der Waals surface area contributed by atoms with Crippen molar-refractivity contribution in [1.82, 2.24) is 4.90 Å². The van der Waals surface area contributed by atoms with Gasteiger partial charge in [-0.3, -0.25) is 9.69 Å². The molecule has 5 nitrogen and oxygen atoms in total. The molecule has 7 heteroatoms. The Morgan fingerprint density at radius 3 is 2.44 bits per heavy atom. The molecule has 1 atom stereocenters. The van der Waals surface area contributed by atoms with Gasteiger partial charge in [0.15, 0.2) is 11.5 Å². The van der Waals surface area contributed by atoms with Gasteiger partial charge in [0.05, 0.1) is 0 Å². The summed E-state index contributed by atoms with van der Waals surface area (Å²) in [4.78, 5) is 18.8. The second-order valence-corrected chi connectivity index (χ2v) is 7.84. The number of carbonyl (C=O) groups is 1. The van der Waals surface area contributed by atoms with Crippen LogP contribution in [0.4, 0.5) is 0 Å². The lowest BCUT2D eigenvalue weighted by Gasteiger charge is -2.31. The Hall–Kier alpha value is -1.46. The largest absolute Gasteiger partial charge is 0.490 e. The topological polar surface area (TPSA) is 67.9 Å². The van der Waals surface area contributed by atoms with Crippen molar-refractivity contribution in [2.45, 2.75) is 44.1 Å². The molecule has 25 heavy (non-hydrogen) atoms. The van der Waals surface area contributed by atoms with Crippen LogP contribution < -0.4 is 10.5 Å². The van der Waals surface area contributed by atoms with Crippen molar-refractivity contribution >= 4 is 35.1 Å². The molecule has 1 aliphatic carbocycles. The van der Waals surface area contributed by atoms with Crippen LogP contribution in [0.3, 0.4) is 0 Å². The molecule has 1 fully saturated rings. The summed E-state index contributed by atoms with van der Waals surface area (Å²) in [7, 11) is 1.65. The summed E-state index contributed by atoms with van der Waals surface area (Å²) < 4.78 is 5.88. The number of rotatable bonds is 5. The summed E-state index contributed by atoms with van der Waals surface area (Å²) in [6.45, 7) is 0.129. The van der Waals surface area contributed by atoms with Crippen molar-refractivity contribution in [2.24, 2.45) is 16.6 Å². The number of guanidine groups is 1. The zero-order valence-corrected chi connectivity index (χ0v) is 15.8. The van der Waals surface area contributed by atoms with Gasteiger partial charge in [-0.1, -0.05) is 55.3 Å². The van der Waals surface area contributed by atoms with E-state index in [-0.39, 0.29) is 18.5 Å². The van der Waals surface area contributed by atoms with E-state index in [4.69, 9.17) is 33.7 Å². The number of aliphatic imine (C=N–C) groups is 1. The van der Waals surface area contributed by atoms with E-state index in [0.29, 0.717) is 28.1 Å². The minimum absolute atomic E-state index is 0.108. The van der Waals surface area contributed by atoms with Gasteiger partial charge in [0.25, 0.3) is 5.91 Å². The molecule has 1 unspecified atom stereocenters. The van der Waals surface area contributed by atoms with E-state index < -0.39 is 5.54 Å². The van der Waals surface area contributed by atoms with Crippen LogP contribution in [0.25, 0.3) is 0 Å². The van der Waals surface area contributed by atoms with Gasteiger partial charge in [-0.25, -0.2) is 4.99 Å². The van der Waals surface area contributed by atoms with E-state index in [1.54, 1.807) is 25.2 Å². The average molecular weight is 384 g/mol. The fourth-order valence-corrected chi connectivity index (χ4v) is 4.23. The smallest absolute Gasteiger partial charge is 0.260 e. The highest BCUT2D eigenvalue weighted by molar-refractivity contribution is 6.34. The maximum absolute atomic E-state index is 12.9. The predicted octanol–water partition coefficient (Wildman–Crippen LogP) is 3.87. The van der Waals surface area contributed by atoms with Crippen molar-refractivity contribution < 1.29 is 9.53 Å². The number of hydrogen-bond acceptors (Lipinski definition) is 4. The monoisotopic (exact) mass is 383 g/mol. The predicted molar refractivity (Wildman–Crippen MR) is 100 cm³/mol. The molecule has 0 spiro atoms. The molecule has 3 rings (SSSR count). The third-order valence-electron chi connectivity index (χ3n) is 5.04. The fourth-order valence-electron chi connectivity index (χ4n) is 3.73. The van der Waals surface area contributed by atoms with Crippen LogP contribution >= 0.6 is 23.2 Å². The maximum Gasteiger partial charge on any atom is 0.260 e. The van der Waals surface area contributed by atoms with E-state index in [1.165, 1.54) is 24.2 Å². The third kappa shape index (κ3) is 4.04. The average Bonchev–Trinajstić information content (AvgIpc) is 2.78. The third-order valence-corrected chi connectivity index (χ3v) is 5.48. The SMILES string of the molecule is CN1C(=O)C(COc2cc(Cl)cc(Cl)c2)(CC2CCCCC2)N=C1N. The molecule has 1 aromatic carbocycles. The van der Waals surface area contributed by atoms with Crippen LogP contribution in [0, 0.1) is 5.92 Å². The fraction of sp³-hybridized carbons (Fsp3) is 0.556. The summed E-state index contributed by atoms with van der Waals surface area (Å²) in [5.74, 6) is 1.13. The highest BCUT2D eigenvalue weighted by atomic mass is 35.5. The number of amides is 1. The molecular weight excluding hydrogens is 361 g/mol. The van der Waals surface area contributed by atoms with Gasteiger partial charge in [-0.2, -0.15) is 0 Å². The molecule has 0 bridgehead atoms. The quantitative estimate of drug-likeness (QED) is 0.838. The van der Waals surface area contributed by atoms with Crippen molar-refractivity contribution in [2.75, 3.05) is 13.7 Å². The number of benzene rings is 1. The lowest BCUT2D eigenvalue weighted by molar-refractivity contribution is -0.132. The van der Waals surface area contributed by atoms with Crippen LogP contribution in [0.15, 0.2) is 23.2 Å². The van der Waals surface area contributed by atoms with Gasteiger partial charge in [-0.15, -0.1) is 0 Å². The highest BCUT2D eigenvalue weighted by Gasteiger charge is 2.48.